The number of hydrogen-bond acceptors (Lipinski definition) is 3. The molecular formula is C11H10ClFO4. The molecule has 1 aromatic carbocycles. The molecular weight excluding hydrogens is 251 g/mol. The summed E-state index contributed by atoms with van der Waals surface area (Å²) in [6.07, 6.45) is -1.80. The molecule has 0 radical (unpaired) electrons. The molecule has 2 N–H and O–H groups in total. The first-order valence-electron chi connectivity index (χ1n) is 4.77. The van der Waals surface area contributed by atoms with Crippen LogP contribution >= 0.6 is 11.6 Å². The van der Waals surface area contributed by atoms with Gasteiger partial charge in [-0.2, -0.15) is 0 Å². The Labute approximate surface area is 102 Å². The van der Waals surface area contributed by atoms with Crippen LogP contribution in [0.15, 0.2) is 18.2 Å². The molecule has 0 amide bonds. The van der Waals surface area contributed by atoms with Crippen molar-refractivity contribution in [2.45, 2.75) is 12.5 Å². The van der Waals surface area contributed by atoms with Crippen molar-refractivity contribution in [3.63, 3.8) is 0 Å². The summed E-state index contributed by atoms with van der Waals surface area (Å²) < 4.78 is 13.5. The number of aliphatic hydroxyl groups excluding tert-OH is 1. The van der Waals surface area contributed by atoms with E-state index in [-0.39, 0.29) is 23.4 Å². The van der Waals surface area contributed by atoms with Crippen molar-refractivity contribution in [3.8, 4) is 0 Å². The number of hydrogen-bond donors (Lipinski definition) is 2. The molecule has 1 atom stereocenters. The Bertz CT molecular complexity index is 447. The number of halogens is 2. The van der Waals surface area contributed by atoms with Crippen molar-refractivity contribution < 1.29 is 24.2 Å². The molecule has 0 aliphatic carbocycles. The maximum atomic E-state index is 13.5. The molecule has 0 aliphatic heterocycles. The normalized spacial score (nSPS) is 12.2. The first-order chi connectivity index (χ1) is 7.97. The predicted octanol–water partition coefficient (Wildman–Crippen LogP) is 1.76. The van der Waals surface area contributed by atoms with E-state index < -0.39 is 23.7 Å². The number of carboxylic acid groups (broad SMARTS) is 1. The second-order valence-corrected chi connectivity index (χ2v) is 3.72. The second-order valence-electron chi connectivity index (χ2n) is 3.34. The molecule has 92 valence electrons. The Kier molecular flexibility index (Phi) is 4.60. The molecule has 6 heteroatoms. The van der Waals surface area contributed by atoms with Gasteiger partial charge in [-0.3, -0.25) is 4.79 Å². The lowest BCUT2D eigenvalue weighted by Crippen LogP contribution is -2.12. The van der Waals surface area contributed by atoms with Gasteiger partial charge in [0.1, 0.15) is 5.82 Å². The third kappa shape index (κ3) is 3.25. The van der Waals surface area contributed by atoms with E-state index in [0.29, 0.717) is 0 Å². The molecule has 1 aromatic rings. The molecule has 17 heavy (non-hydrogen) atoms. The molecule has 0 aromatic heterocycles. The SMILES string of the molecule is O=C(CCCl)c1ccc(C(O)C(=O)O)cc1F. The van der Waals surface area contributed by atoms with E-state index in [2.05, 4.69) is 0 Å². The monoisotopic (exact) mass is 260 g/mol. The number of carbonyl (C=O) groups excluding carboxylic acids is 1. The Morgan fingerprint density at radius 1 is 1.41 bits per heavy atom. The van der Waals surface area contributed by atoms with Crippen LogP contribution in [-0.2, 0) is 4.79 Å². The van der Waals surface area contributed by atoms with Gasteiger partial charge in [-0.1, -0.05) is 6.07 Å². The number of benzene rings is 1. The number of Topliss-reactive ketones (excluding diaryl/α,β-unsaturated/α-hetero) is 1. The minimum Gasteiger partial charge on any atom is -0.479 e. The zero-order chi connectivity index (χ0) is 13.0. The fourth-order valence-electron chi connectivity index (χ4n) is 1.29. The number of alkyl halides is 1. The minimum atomic E-state index is -1.80. The van der Waals surface area contributed by atoms with Crippen molar-refractivity contribution in [2.75, 3.05) is 5.88 Å². The maximum Gasteiger partial charge on any atom is 0.337 e. The smallest absolute Gasteiger partial charge is 0.337 e. The van der Waals surface area contributed by atoms with Crippen LogP contribution in [0.5, 0.6) is 0 Å². The van der Waals surface area contributed by atoms with E-state index >= 15 is 0 Å². The van der Waals surface area contributed by atoms with Crippen molar-refractivity contribution >= 4 is 23.4 Å². The average molecular weight is 261 g/mol. The van der Waals surface area contributed by atoms with Crippen LogP contribution in [-0.4, -0.2) is 27.8 Å². The lowest BCUT2D eigenvalue weighted by atomic mass is 10.0. The van der Waals surface area contributed by atoms with Crippen LogP contribution in [0.1, 0.15) is 28.4 Å². The fourth-order valence-corrected chi connectivity index (χ4v) is 1.46. The highest BCUT2D eigenvalue weighted by Crippen LogP contribution is 2.18. The van der Waals surface area contributed by atoms with Gasteiger partial charge < -0.3 is 10.2 Å². The van der Waals surface area contributed by atoms with Crippen molar-refractivity contribution in [1.29, 1.82) is 0 Å². The molecule has 0 heterocycles. The van der Waals surface area contributed by atoms with E-state index in [1.54, 1.807) is 0 Å². The van der Waals surface area contributed by atoms with E-state index in [9.17, 15) is 19.1 Å². The van der Waals surface area contributed by atoms with Crippen LogP contribution in [0.25, 0.3) is 0 Å². The largest absolute Gasteiger partial charge is 0.479 e. The minimum absolute atomic E-state index is 0.000688. The summed E-state index contributed by atoms with van der Waals surface area (Å²) in [4.78, 5) is 21.9. The standard InChI is InChI=1S/C11H10ClFO4/c12-4-3-9(14)7-2-1-6(5-8(7)13)10(15)11(16)17/h1-2,5,10,15H,3-4H2,(H,16,17). The highest BCUT2D eigenvalue weighted by Gasteiger charge is 2.19. The van der Waals surface area contributed by atoms with Crippen LogP contribution in [0.2, 0.25) is 0 Å². The first kappa shape index (κ1) is 13.6. The molecule has 0 fully saturated rings. The summed E-state index contributed by atoms with van der Waals surface area (Å²) in [6, 6.07) is 3.18. The van der Waals surface area contributed by atoms with Crippen LogP contribution in [0.4, 0.5) is 4.39 Å². The lowest BCUT2D eigenvalue weighted by Gasteiger charge is -2.07. The van der Waals surface area contributed by atoms with Crippen LogP contribution < -0.4 is 0 Å². The van der Waals surface area contributed by atoms with Gasteiger partial charge in [0.05, 0.1) is 5.56 Å². The van der Waals surface area contributed by atoms with Gasteiger partial charge in [0.2, 0.25) is 0 Å². The Morgan fingerprint density at radius 2 is 2.06 bits per heavy atom. The Morgan fingerprint density at radius 3 is 2.53 bits per heavy atom. The number of aliphatic hydroxyl groups is 1. The fraction of sp³-hybridized carbons (Fsp3) is 0.273. The quantitative estimate of drug-likeness (QED) is 0.625. The molecule has 0 bridgehead atoms. The Hall–Kier alpha value is -1.46. The molecule has 0 saturated heterocycles. The molecule has 0 aliphatic rings. The molecule has 0 spiro atoms. The van der Waals surface area contributed by atoms with E-state index in [1.807, 2.05) is 0 Å². The second kappa shape index (κ2) is 5.75. The van der Waals surface area contributed by atoms with Gasteiger partial charge in [0.15, 0.2) is 11.9 Å². The zero-order valence-electron chi connectivity index (χ0n) is 8.69. The van der Waals surface area contributed by atoms with Crippen LogP contribution in [0, 0.1) is 5.82 Å². The first-order valence-corrected chi connectivity index (χ1v) is 5.30. The van der Waals surface area contributed by atoms with Gasteiger partial charge in [-0.05, 0) is 17.7 Å². The Balaban J connectivity index is 3.01. The topological polar surface area (TPSA) is 74.6 Å². The number of carboxylic acids is 1. The zero-order valence-corrected chi connectivity index (χ0v) is 9.45. The molecule has 1 rings (SSSR count). The van der Waals surface area contributed by atoms with E-state index in [4.69, 9.17) is 16.7 Å². The number of ketones is 1. The van der Waals surface area contributed by atoms with Crippen molar-refractivity contribution in [1.82, 2.24) is 0 Å². The summed E-state index contributed by atoms with van der Waals surface area (Å²) in [6.45, 7) is 0. The summed E-state index contributed by atoms with van der Waals surface area (Å²) in [7, 11) is 0. The van der Waals surface area contributed by atoms with Gasteiger partial charge in [-0.15, -0.1) is 11.6 Å². The molecule has 4 nitrogen and oxygen atoms in total. The predicted molar refractivity (Wildman–Crippen MR) is 58.7 cm³/mol. The highest BCUT2D eigenvalue weighted by molar-refractivity contribution is 6.19. The summed E-state index contributed by atoms with van der Waals surface area (Å²) >= 11 is 5.36. The molecule has 0 saturated carbocycles. The van der Waals surface area contributed by atoms with Crippen molar-refractivity contribution in [3.05, 3.63) is 35.1 Å². The lowest BCUT2D eigenvalue weighted by molar-refractivity contribution is -0.146. The third-order valence-corrected chi connectivity index (χ3v) is 2.35. The highest BCUT2D eigenvalue weighted by atomic mass is 35.5. The number of carbonyl (C=O) groups is 2. The molecule has 1 unspecified atom stereocenters. The van der Waals surface area contributed by atoms with Gasteiger partial charge in [0.25, 0.3) is 0 Å². The van der Waals surface area contributed by atoms with Gasteiger partial charge in [-0.25, -0.2) is 9.18 Å². The van der Waals surface area contributed by atoms with E-state index in [0.717, 1.165) is 12.1 Å². The maximum absolute atomic E-state index is 13.5. The average Bonchev–Trinajstić information content (AvgIpc) is 2.27. The summed E-state index contributed by atoms with van der Waals surface area (Å²) in [5, 5.41) is 17.7. The third-order valence-electron chi connectivity index (χ3n) is 2.16. The number of aliphatic carboxylic acids is 1. The van der Waals surface area contributed by atoms with E-state index in [1.165, 1.54) is 6.07 Å². The summed E-state index contributed by atoms with van der Waals surface area (Å²) in [5.74, 6) is -2.73. The van der Waals surface area contributed by atoms with Gasteiger partial charge >= 0.3 is 5.97 Å². The summed E-state index contributed by atoms with van der Waals surface area (Å²) in [5.41, 5.74) is -0.274. The van der Waals surface area contributed by atoms with Gasteiger partial charge in [0, 0.05) is 12.3 Å². The van der Waals surface area contributed by atoms with Crippen molar-refractivity contribution in [2.24, 2.45) is 0 Å². The number of rotatable bonds is 5. The van der Waals surface area contributed by atoms with Crippen LogP contribution in [0.3, 0.4) is 0 Å².